The number of amides is 1. The van der Waals surface area contributed by atoms with Crippen molar-refractivity contribution in [1.29, 1.82) is 0 Å². The van der Waals surface area contributed by atoms with Gasteiger partial charge in [0.25, 0.3) is 0 Å². The molecule has 0 aliphatic carbocycles. The Morgan fingerprint density at radius 2 is 2.22 bits per heavy atom. The lowest BCUT2D eigenvalue weighted by Gasteiger charge is -2.02. The summed E-state index contributed by atoms with van der Waals surface area (Å²) in [4.78, 5) is 15.9. The van der Waals surface area contributed by atoms with Crippen molar-refractivity contribution in [2.45, 2.75) is 13.1 Å². The van der Waals surface area contributed by atoms with Crippen LogP contribution in [0.3, 0.4) is 0 Å². The van der Waals surface area contributed by atoms with Crippen LogP contribution in [-0.2, 0) is 17.9 Å². The number of halogens is 2. The Kier molecular flexibility index (Phi) is 4.47. The maximum atomic E-state index is 13.1. The molecule has 3 rings (SSSR count). The lowest BCUT2D eigenvalue weighted by atomic mass is 10.2. The van der Waals surface area contributed by atoms with Crippen molar-refractivity contribution in [1.82, 2.24) is 24.5 Å². The van der Waals surface area contributed by atoms with Crippen LogP contribution in [0.25, 0.3) is 0 Å². The van der Waals surface area contributed by atoms with Crippen LogP contribution >= 0.6 is 15.9 Å². The summed E-state index contributed by atoms with van der Waals surface area (Å²) in [6.07, 6.45) is 4.76. The van der Waals surface area contributed by atoms with Gasteiger partial charge in [-0.05, 0) is 33.6 Å². The SMILES string of the molecule is O=C(Cn1cc(Br)cn1)Nc1ncn(Cc2cccc(F)c2)n1. The number of nitrogens with one attached hydrogen (secondary N) is 1. The molecule has 0 saturated carbocycles. The van der Waals surface area contributed by atoms with Gasteiger partial charge in [0.15, 0.2) is 0 Å². The van der Waals surface area contributed by atoms with Gasteiger partial charge in [-0.2, -0.15) is 5.10 Å². The lowest BCUT2D eigenvalue weighted by molar-refractivity contribution is -0.116. The molecule has 2 heterocycles. The molecule has 1 amide bonds. The van der Waals surface area contributed by atoms with E-state index in [-0.39, 0.29) is 24.2 Å². The number of benzene rings is 1. The second-order valence-electron chi connectivity index (χ2n) is 4.80. The maximum Gasteiger partial charge on any atom is 0.248 e. The van der Waals surface area contributed by atoms with E-state index in [0.717, 1.165) is 10.0 Å². The van der Waals surface area contributed by atoms with Crippen molar-refractivity contribution in [3.05, 3.63) is 58.8 Å². The zero-order valence-electron chi connectivity index (χ0n) is 11.9. The minimum absolute atomic E-state index is 0.0596. The molecule has 118 valence electrons. The largest absolute Gasteiger partial charge is 0.292 e. The summed E-state index contributed by atoms with van der Waals surface area (Å²) < 4.78 is 16.9. The minimum atomic E-state index is -0.304. The highest BCUT2D eigenvalue weighted by atomic mass is 79.9. The highest BCUT2D eigenvalue weighted by Gasteiger charge is 2.08. The van der Waals surface area contributed by atoms with E-state index < -0.39 is 0 Å². The van der Waals surface area contributed by atoms with Gasteiger partial charge in [0.2, 0.25) is 11.9 Å². The third kappa shape index (κ3) is 4.22. The highest BCUT2D eigenvalue weighted by molar-refractivity contribution is 9.10. The van der Waals surface area contributed by atoms with E-state index in [1.54, 1.807) is 24.5 Å². The second-order valence-corrected chi connectivity index (χ2v) is 5.72. The minimum Gasteiger partial charge on any atom is -0.292 e. The predicted molar refractivity (Wildman–Crippen MR) is 84.1 cm³/mol. The standard InChI is InChI=1S/C14H12BrFN6O/c15-11-5-18-21(7-11)8-13(23)19-14-17-9-22(20-14)6-10-2-1-3-12(16)4-10/h1-5,7,9H,6,8H2,(H,19,20,23). The van der Waals surface area contributed by atoms with E-state index in [1.807, 2.05) is 0 Å². The van der Waals surface area contributed by atoms with E-state index in [2.05, 4.69) is 36.4 Å². The molecule has 1 aromatic carbocycles. The fourth-order valence-electron chi connectivity index (χ4n) is 1.99. The summed E-state index contributed by atoms with van der Waals surface area (Å²) in [6, 6.07) is 6.23. The topological polar surface area (TPSA) is 77.6 Å². The number of hydrogen-bond acceptors (Lipinski definition) is 4. The molecule has 9 heteroatoms. The van der Waals surface area contributed by atoms with Crippen molar-refractivity contribution >= 4 is 27.8 Å². The lowest BCUT2D eigenvalue weighted by Crippen LogP contribution is -2.19. The zero-order valence-corrected chi connectivity index (χ0v) is 13.4. The maximum absolute atomic E-state index is 13.1. The second kappa shape index (κ2) is 6.69. The van der Waals surface area contributed by atoms with Gasteiger partial charge in [0.1, 0.15) is 18.7 Å². The zero-order chi connectivity index (χ0) is 16.2. The first-order valence-electron chi connectivity index (χ1n) is 6.70. The van der Waals surface area contributed by atoms with Crippen LogP contribution in [0.15, 0.2) is 47.5 Å². The molecular weight excluding hydrogens is 367 g/mol. The molecule has 23 heavy (non-hydrogen) atoms. The Hall–Kier alpha value is -2.55. The third-order valence-corrected chi connectivity index (χ3v) is 3.34. The van der Waals surface area contributed by atoms with Gasteiger partial charge < -0.3 is 0 Å². The van der Waals surface area contributed by atoms with Gasteiger partial charge in [0, 0.05) is 6.20 Å². The molecule has 0 saturated heterocycles. The monoisotopic (exact) mass is 378 g/mol. The Morgan fingerprint density at radius 3 is 2.96 bits per heavy atom. The van der Waals surface area contributed by atoms with E-state index in [0.29, 0.717) is 6.54 Å². The van der Waals surface area contributed by atoms with Gasteiger partial charge in [-0.3, -0.25) is 14.8 Å². The molecule has 0 spiro atoms. The molecule has 7 nitrogen and oxygen atoms in total. The number of carbonyl (C=O) groups is 1. The molecule has 0 atom stereocenters. The Balaban J connectivity index is 1.59. The van der Waals surface area contributed by atoms with Crippen LogP contribution in [0.2, 0.25) is 0 Å². The third-order valence-electron chi connectivity index (χ3n) is 2.93. The summed E-state index contributed by atoms with van der Waals surface area (Å²) in [5.74, 6) is -0.400. The average Bonchev–Trinajstić information content (AvgIpc) is 3.08. The van der Waals surface area contributed by atoms with Gasteiger partial charge in [0.05, 0.1) is 17.2 Å². The van der Waals surface area contributed by atoms with E-state index >= 15 is 0 Å². The van der Waals surface area contributed by atoms with Gasteiger partial charge in [-0.15, -0.1) is 5.10 Å². The first-order chi connectivity index (χ1) is 11.1. The Labute approximate surface area is 139 Å². The normalized spacial score (nSPS) is 10.7. The number of nitrogens with zero attached hydrogens (tertiary/aromatic N) is 5. The summed E-state index contributed by atoms with van der Waals surface area (Å²) in [5, 5.41) is 10.7. The highest BCUT2D eigenvalue weighted by Crippen LogP contribution is 2.08. The molecule has 0 bridgehead atoms. The summed E-state index contributed by atoms with van der Waals surface area (Å²) in [7, 11) is 0. The van der Waals surface area contributed by atoms with Gasteiger partial charge >= 0.3 is 0 Å². The van der Waals surface area contributed by atoms with E-state index in [9.17, 15) is 9.18 Å². The fraction of sp³-hybridized carbons (Fsp3) is 0.143. The Morgan fingerprint density at radius 1 is 1.35 bits per heavy atom. The van der Waals surface area contributed by atoms with Crippen LogP contribution in [0, 0.1) is 5.82 Å². The van der Waals surface area contributed by atoms with Crippen LogP contribution in [0.1, 0.15) is 5.56 Å². The Bertz CT molecular complexity index is 830. The molecular formula is C14H12BrFN6O. The van der Waals surface area contributed by atoms with Gasteiger partial charge in [-0.1, -0.05) is 12.1 Å². The molecule has 0 aliphatic heterocycles. The van der Waals surface area contributed by atoms with Crippen LogP contribution in [-0.4, -0.2) is 30.5 Å². The summed E-state index contributed by atoms with van der Waals surface area (Å²) >= 11 is 3.26. The molecule has 0 fully saturated rings. The number of hydrogen-bond donors (Lipinski definition) is 1. The number of rotatable bonds is 5. The van der Waals surface area contributed by atoms with E-state index in [4.69, 9.17) is 0 Å². The van der Waals surface area contributed by atoms with Crippen molar-refractivity contribution in [2.24, 2.45) is 0 Å². The summed E-state index contributed by atoms with van der Waals surface area (Å²) in [6.45, 7) is 0.427. The molecule has 2 aromatic heterocycles. The number of aromatic nitrogens is 5. The van der Waals surface area contributed by atoms with Crippen LogP contribution < -0.4 is 5.32 Å². The van der Waals surface area contributed by atoms with Crippen molar-refractivity contribution in [3.63, 3.8) is 0 Å². The van der Waals surface area contributed by atoms with Crippen molar-refractivity contribution in [2.75, 3.05) is 5.32 Å². The van der Waals surface area contributed by atoms with Crippen LogP contribution in [0.5, 0.6) is 0 Å². The molecule has 3 aromatic rings. The first-order valence-corrected chi connectivity index (χ1v) is 7.49. The molecule has 1 N–H and O–H groups in total. The van der Waals surface area contributed by atoms with Crippen molar-refractivity contribution in [3.8, 4) is 0 Å². The molecule has 0 unspecified atom stereocenters. The smallest absolute Gasteiger partial charge is 0.248 e. The molecule has 0 aliphatic rings. The number of anilines is 1. The number of carbonyl (C=O) groups excluding carboxylic acids is 1. The van der Waals surface area contributed by atoms with Crippen LogP contribution in [0.4, 0.5) is 10.3 Å². The summed E-state index contributed by atoms with van der Waals surface area (Å²) in [5.41, 5.74) is 0.758. The molecule has 0 radical (unpaired) electrons. The van der Waals surface area contributed by atoms with Gasteiger partial charge in [-0.25, -0.2) is 14.1 Å². The predicted octanol–water partition coefficient (Wildman–Crippen LogP) is 2.06. The first kappa shape index (κ1) is 15.3. The average molecular weight is 379 g/mol. The fourth-order valence-corrected chi connectivity index (χ4v) is 2.31. The van der Waals surface area contributed by atoms with Crippen molar-refractivity contribution < 1.29 is 9.18 Å². The van der Waals surface area contributed by atoms with E-state index in [1.165, 1.54) is 27.8 Å². The quantitative estimate of drug-likeness (QED) is 0.736.